The zero-order valence-electron chi connectivity index (χ0n) is 14.2. The number of para-hydroxylation sites is 2. The van der Waals surface area contributed by atoms with Crippen molar-refractivity contribution >= 4 is 35.0 Å². The molecule has 1 aliphatic heterocycles. The van der Waals surface area contributed by atoms with Gasteiger partial charge in [-0.15, -0.1) is 18.3 Å². The summed E-state index contributed by atoms with van der Waals surface area (Å²) in [7, 11) is 0. The fourth-order valence-electron chi connectivity index (χ4n) is 2.87. The number of benzene rings is 2. The summed E-state index contributed by atoms with van der Waals surface area (Å²) >= 11 is 1.57. The highest BCUT2D eigenvalue weighted by atomic mass is 32.2. The summed E-state index contributed by atoms with van der Waals surface area (Å²) in [6, 6.07) is 13.6. The lowest BCUT2D eigenvalue weighted by Crippen LogP contribution is -2.28. The van der Waals surface area contributed by atoms with Gasteiger partial charge >= 0.3 is 0 Å². The highest BCUT2D eigenvalue weighted by Crippen LogP contribution is 2.30. The molecule has 0 aliphatic carbocycles. The Labute approximate surface area is 156 Å². The molecule has 6 heteroatoms. The van der Waals surface area contributed by atoms with Gasteiger partial charge in [0.1, 0.15) is 5.82 Å². The van der Waals surface area contributed by atoms with Crippen LogP contribution >= 0.6 is 11.8 Å². The smallest absolute Gasteiger partial charge is 0.229 e. The summed E-state index contributed by atoms with van der Waals surface area (Å²) in [5.41, 5.74) is 0.927. The fraction of sp³-hybridized carbons (Fsp3) is 0.200. The van der Waals surface area contributed by atoms with E-state index in [1.54, 1.807) is 36.0 Å². The Morgan fingerprint density at radius 1 is 1.27 bits per heavy atom. The number of nitrogens with zero attached hydrogens (tertiary/aromatic N) is 1. The fourth-order valence-corrected chi connectivity index (χ4v) is 3.61. The topological polar surface area (TPSA) is 49.4 Å². The zero-order chi connectivity index (χ0) is 18.5. The van der Waals surface area contributed by atoms with E-state index in [2.05, 4.69) is 11.9 Å². The van der Waals surface area contributed by atoms with E-state index in [4.69, 9.17) is 0 Å². The van der Waals surface area contributed by atoms with Crippen LogP contribution in [0.2, 0.25) is 0 Å². The second kappa shape index (κ2) is 8.19. The Balaban J connectivity index is 1.71. The summed E-state index contributed by atoms with van der Waals surface area (Å²) in [6.07, 6.45) is 1.87. The number of hydrogen-bond donors (Lipinski definition) is 1. The number of amides is 2. The maximum Gasteiger partial charge on any atom is 0.229 e. The molecule has 1 atom stereocenters. The molecule has 1 saturated heterocycles. The third-order valence-corrected chi connectivity index (χ3v) is 5.21. The molecule has 0 spiro atoms. The molecule has 3 rings (SSSR count). The van der Waals surface area contributed by atoms with E-state index in [1.165, 1.54) is 11.0 Å². The van der Waals surface area contributed by atoms with Gasteiger partial charge in [-0.25, -0.2) is 4.39 Å². The second-order valence-electron chi connectivity index (χ2n) is 5.94. The molecule has 0 aromatic heterocycles. The van der Waals surface area contributed by atoms with E-state index >= 15 is 0 Å². The Morgan fingerprint density at radius 3 is 2.77 bits per heavy atom. The van der Waals surface area contributed by atoms with Crippen LogP contribution in [-0.2, 0) is 9.59 Å². The number of rotatable bonds is 6. The van der Waals surface area contributed by atoms with Gasteiger partial charge < -0.3 is 10.2 Å². The molecule has 4 nitrogen and oxygen atoms in total. The van der Waals surface area contributed by atoms with E-state index in [0.29, 0.717) is 5.69 Å². The van der Waals surface area contributed by atoms with Gasteiger partial charge in [-0.3, -0.25) is 9.59 Å². The Hall–Kier alpha value is -2.60. The summed E-state index contributed by atoms with van der Waals surface area (Å²) < 4.78 is 14.0. The number of hydrogen-bond acceptors (Lipinski definition) is 3. The average Bonchev–Trinajstić information content (AvgIpc) is 3.03. The molecule has 1 fully saturated rings. The van der Waals surface area contributed by atoms with Crippen molar-refractivity contribution < 1.29 is 14.0 Å². The highest BCUT2D eigenvalue weighted by molar-refractivity contribution is 7.99. The number of nitrogens with one attached hydrogen (secondary N) is 1. The minimum absolute atomic E-state index is 0.0716. The van der Waals surface area contributed by atoms with Crippen LogP contribution in [-0.4, -0.2) is 24.1 Å². The van der Waals surface area contributed by atoms with Gasteiger partial charge in [-0.05, 0) is 24.3 Å². The van der Waals surface area contributed by atoms with E-state index < -0.39 is 11.7 Å². The summed E-state index contributed by atoms with van der Waals surface area (Å²) in [5.74, 6) is -0.725. The maximum atomic E-state index is 14.0. The van der Waals surface area contributed by atoms with Gasteiger partial charge in [-0.2, -0.15) is 0 Å². The molecular weight excluding hydrogens is 351 g/mol. The molecule has 2 amide bonds. The van der Waals surface area contributed by atoms with Crippen LogP contribution in [0.4, 0.5) is 15.8 Å². The lowest BCUT2D eigenvalue weighted by Gasteiger charge is -2.17. The quantitative estimate of drug-likeness (QED) is 0.615. The predicted molar refractivity (Wildman–Crippen MR) is 103 cm³/mol. The van der Waals surface area contributed by atoms with Crippen LogP contribution in [0.1, 0.15) is 6.42 Å². The van der Waals surface area contributed by atoms with Crippen LogP contribution in [0.5, 0.6) is 0 Å². The molecule has 2 aromatic rings. The van der Waals surface area contributed by atoms with Crippen LogP contribution < -0.4 is 10.2 Å². The van der Waals surface area contributed by atoms with Gasteiger partial charge in [0.15, 0.2) is 0 Å². The number of carbonyl (C=O) groups excluding carboxylic acids is 2. The van der Waals surface area contributed by atoms with E-state index in [9.17, 15) is 14.0 Å². The molecule has 0 radical (unpaired) electrons. The largest absolute Gasteiger partial charge is 0.325 e. The molecule has 26 heavy (non-hydrogen) atoms. The van der Waals surface area contributed by atoms with Crippen molar-refractivity contribution in [3.05, 3.63) is 67.0 Å². The third-order valence-electron chi connectivity index (χ3n) is 4.14. The molecule has 1 heterocycles. The monoisotopic (exact) mass is 370 g/mol. The minimum Gasteiger partial charge on any atom is -0.325 e. The lowest BCUT2D eigenvalue weighted by molar-refractivity contribution is -0.122. The minimum atomic E-state index is -0.514. The number of anilines is 2. The first-order valence-corrected chi connectivity index (χ1v) is 9.27. The standard InChI is InChI=1S/C20H19FN2O2S/c1-2-11-26-18-10-6-4-8-16(18)22-20(25)14-12-19(24)23(13-14)17-9-5-3-7-15(17)21/h2-10,14H,1,11-13H2,(H,22,25)/t14-/m1/s1. The molecule has 1 aliphatic rings. The van der Waals surface area contributed by atoms with Crippen LogP contribution in [0, 0.1) is 11.7 Å². The van der Waals surface area contributed by atoms with Crippen LogP contribution in [0.15, 0.2) is 66.1 Å². The maximum absolute atomic E-state index is 14.0. The molecule has 2 aromatic carbocycles. The molecule has 0 unspecified atom stereocenters. The van der Waals surface area contributed by atoms with Gasteiger partial charge in [0.05, 0.1) is 17.3 Å². The molecule has 134 valence electrons. The van der Waals surface area contributed by atoms with Crippen molar-refractivity contribution in [2.45, 2.75) is 11.3 Å². The van der Waals surface area contributed by atoms with E-state index in [-0.39, 0.29) is 30.5 Å². The Morgan fingerprint density at radius 2 is 2.00 bits per heavy atom. The van der Waals surface area contributed by atoms with E-state index in [0.717, 1.165) is 10.6 Å². The lowest BCUT2D eigenvalue weighted by atomic mass is 10.1. The molecule has 1 N–H and O–H groups in total. The SMILES string of the molecule is C=CCSc1ccccc1NC(=O)[C@@H]1CC(=O)N(c2ccccc2F)C1. The predicted octanol–water partition coefficient (Wildman–Crippen LogP) is 4.10. The highest BCUT2D eigenvalue weighted by Gasteiger charge is 2.36. The van der Waals surface area contributed by atoms with Gasteiger partial charge in [0.25, 0.3) is 0 Å². The first kappa shape index (κ1) is 18.2. The number of thioether (sulfide) groups is 1. The first-order valence-electron chi connectivity index (χ1n) is 8.28. The van der Waals surface area contributed by atoms with Gasteiger partial charge in [-0.1, -0.05) is 30.3 Å². The van der Waals surface area contributed by atoms with Crippen LogP contribution in [0.3, 0.4) is 0 Å². The van der Waals surface area contributed by atoms with Crippen molar-refractivity contribution in [1.82, 2.24) is 0 Å². The Kier molecular flexibility index (Phi) is 5.73. The Bertz CT molecular complexity index is 840. The van der Waals surface area contributed by atoms with Gasteiger partial charge in [0, 0.05) is 23.6 Å². The van der Waals surface area contributed by atoms with Crippen molar-refractivity contribution in [1.29, 1.82) is 0 Å². The van der Waals surface area contributed by atoms with Gasteiger partial charge in [0.2, 0.25) is 11.8 Å². The zero-order valence-corrected chi connectivity index (χ0v) is 15.0. The van der Waals surface area contributed by atoms with E-state index in [1.807, 2.05) is 24.3 Å². The molecule has 0 saturated carbocycles. The van der Waals surface area contributed by atoms with Crippen molar-refractivity contribution in [2.24, 2.45) is 5.92 Å². The summed E-state index contributed by atoms with van der Waals surface area (Å²) in [5, 5.41) is 2.90. The van der Waals surface area contributed by atoms with Crippen LogP contribution in [0.25, 0.3) is 0 Å². The second-order valence-corrected chi connectivity index (χ2v) is 7.00. The summed E-state index contributed by atoms with van der Waals surface area (Å²) in [6.45, 7) is 3.87. The number of carbonyl (C=O) groups is 2. The first-order chi connectivity index (χ1) is 12.6. The number of halogens is 1. The summed E-state index contributed by atoms with van der Waals surface area (Å²) in [4.78, 5) is 27.2. The third kappa shape index (κ3) is 3.96. The average molecular weight is 370 g/mol. The van der Waals surface area contributed by atoms with Crippen molar-refractivity contribution in [3.63, 3.8) is 0 Å². The normalized spacial score (nSPS) is 16.6. The molecule has 0 bridgehead atoms. The van der Waals surface area contributed by atoms with Crippen molar-refractivity contribution in [2.75, 3.05) is 22.5 Å². The molecular formula is C20H19FN2O2S. The van der Waals surface area contributed by atoms with Crippen molar-refractivity contribution in [3.8, 4) is 0 Å².